The summed E-state index contributed by atoms with van der Waals surface area (Å²) in [6, 6.07) is 15.5. The number of hydrogen-bond acceptors (Lipinski definition) is 0. The highest BCUT2D eigenvalue weighted by atomic mass is 14.1. The van der Waals surface area contributed by atoms with Gasteiger partial charge in [0.05, 0.1) is 0 Å². The van der Waals surface area contributed by atoms with Gasteiger partial charge < -0.3 is 0 Å². The molecule has 2 aromatic carbocycles. The summed E-state index contributed by atoms with van der Waals surface area (Å²) < 4.78 is 0. The average molecular weight is 316 g/mol. The van der Waals surface area contributed by atoms with Gasteiger partial charge in [-0.05, 0) is 74.9 Å². The minimum Gasteiger partial charge on any atom is -0.0871 e. The van der Waals surface area contributed by atoms with Crippen molar-refractivity contribution in [1.29, 1.82) is 0 Å². The summed E-state index contributed by atoms with van der Waals surface area (Å²) in [7, 11) is 0. The molecule has 0 amide bonds. The van der Waals surface area contributed by atoms with E-state index >= 15 is 0 Å². The zero-order chi connectivity index (χ0) is 17.5. The molecule has 0 aliphatic rings. The predicted molar refractivity (Wildman–Crippen MR) is 108 cm³/mol. The van der Waals surface area contributed by atoms with Gasteiger partial charge in [-0.25, -0.2) is 0 Å². The smallest absolute Gasteiger partial charge is 0.00665 e. The van der Waals surface area contributed by atoms with Crippen LogP contribution in [0.1, 0.15) is 48.6 Å². The maximum Gasteiger partial charge on any atom is -0.00665 e. The number of allylic oxidation sites excluding steroid dienone is 5. The minimum absolute atomic E-state index is 0.991. The summed E-state index contributed by atoms with van der Waals surface area (Å²) in [6.45, 7) is 10.7. The van der Waals surface area contributed by atoms with Gasteiger partial charge in [-0.3, -0.25) is 0 Å². The van der Waals surface area contributed by atoms with E-state index in [1.165, 1.54) is 39.0 Å². The number of rotatable bonds is 5. The van der Waals surface area contributed by atoms with Crippen molar-refractivity contribution in [2.45, 2.75) is 41.0 Å². The zero-order valence-corrected chi connectivity index (χ0v) is 15.6. The molecule has 0 saturated carbocycles. The van der Waals surface area contributed by atoms with Gasteiger partial charge in [-0.15, -0.1) is 0 Å². The second-order valence-corrected chi connectivity index (χ2v) is 6.47. The molecule has 2 rings (SSSR count). The lowest BCUT2D eigenvalue weighted by Crippen LogP contribution is -1.90. The second kappa shape index (κ2) is 8.49. The Morgan fingerprint density at radius 3 is 2.29 bits per heavy atom. The van der Waals surface area contributed by atoms with Crippen molar-refractivity contribution in [3.8, 4) is 0 Å². The first-order chi connectivity index (χ1) is 11.5. The van der Waals surface area contributed by atoms with E-state index in [0.29, 0.717) is 0 Å². The molecular weight excluding hydrogens is 288 g/mol. The number of benzene rings is 2. The maximum absolute atomic E-state index is 2.31. The normalized spacial score (nSPS) is 12.9. The molecule has 124 valence electrons. The number of aryl methyl sites for hydroxylation is 2. The highest BCUT2D eigenvalue weighted by Gasteiger charge is 2.03. The monoisotopic (exact) mass is 316 g/mol. The molecule has 0 N–H and O–H groups in total. The van der Waals surface area contributed by atoms with Gasteiger partial charge in [0.25, 0.3) is 0 Å². The first kappa shape index (κ1) is 18.0. The third-order valence-corrected chi connectivity index (χ3v) is 4.28. The Morgan fingerprint density at radius 1 is 0.958 bits per heavy atom. The van der Waals surface area contributed by atoms with Gasteiger partial charge in [0.1, 0.15) is 0 Å². The molecule has 24 heavy (non-hydrogen) atoms. The Hall–Kier alpha value is -2.34. The zero-order valence-electron chi connectivity index (χ0n) is 15.6. The molecule has 0 aliphatic carbocycles. The van der Waals surface area contributed by atoms with Gasteiger partial charge >= 0.3 is 0 Å². The topological polar surface area (TPSA) is 0 Å². The van der Waals surface area contributed by atoms with E-state index in [4.69, 9.17) is 0 Å². The first-order valence-electron chi connectivity index (χ1n) is 8.66. The van der Waals surface area contributed by atoms with Crippen LogP contribution in [-0.2, 0) is 6.42 Å². The van der Waals surface area contributed by atoms with E-state index < -0.39 is 0 Å². The van der Waals surface area contributed by atoms with E-state index in [9.17, 15) is 0 Å². The van der Waals surface area contributed by atoms with Crippen molar-refractivity contribution in [3.63, 3.8) is 0 Å². The lowest BCUT2D eigenvalue weighted by atomic mass is 9.96. The quantitative estimate of drug-likeness (QED) is 0.525. The molecule has 0 fully saturated rings. The van der Waals surface area contributed by atoms with Crippen LogP contribution in [0, 0.1) is 13.8 Å². The van der Waals surface area contributed by atoms with Gasteiger partial charge in [0.2, 0.25) is 0 Å². The fourth-order valence-corrected chi connectivity index (χ4v) is 2.86. The van der Waals surface area contributed by atoms with Crippen LogP contribution in [0.15, 0.2) is 66.3 Å². The van der Waals surface area contributed by atoms with Crippen LogP contribution in [0.25, 0.3) is 11.6 Å². The second-order valence-electron chi connectivity index (χ2n) is 6.47. The Bertz CT molecular complexity index is 768. The van der Waals surface area contributed by atoms with Crippen molar-refractivity contribution in [2.24, 2.45) is 0 Å². The molecule has 0 bridgehead atoms. The van der Waals surface area contributed by atoms with Gasteiger partial charge in [0, 0.05) is 0 Å². The molecule has 0 unspecified atom stereocenters. The van der Waals surface area contributed by atoms with Crippen LogP contribution in [0.3, 0.4) is 0 Å². The molecule has 0 heterocycles. The molecule has 2 aromatic rings. The fraction of sp³-hybridized carbons (Fsp3) is 0.250. The van der Waals surface area contributed by atoms with E-state index in [1.54, 1.807) is 0 Å². The van der Waals surface area contributed by atoms with Crippen molar-refractivity contribution in [2.75, 3.05) is 0 Å². The van der Waals surface area contributed by atoms with Crippen LogP contribution in [0.5, 0.6) is 0 Å². The SMILES string of the molecule is CC=Cc1cc(C(C=C(C)Cc2ccc(C)cc2)=CC)ccc1C. The van der Waals surface area contributed by atoms with Gasteiger partial charge in [-0.1, -0.05) is 71.8 Å². The van der Waals surface area contributed by atoms with Crippen LogP contribution in [-0.4, -0.2) is 0 Å². The van der Waals surface area contributed by atoms with Crippen molar-refractivity contribution >= 4 is 11.6 Å². The summed E-state index contributed by atoms with van der Waals surface area (Å²) >= 11 is 0. The average Bonchev–Trinajstić information content (AvgIpc) is 2.57. The Balaban J connectivity index is 2.25. The molecule has 0 radical (unpaired) electrons. The van der Waals surface area contributed by atoms with Crippen LogP contribution >= 0.6 is 0 Å². The Kier molecular flexibility index (Phi) is 6.37. The lowest BCUT2D eigenvalue weighted by Gasteiger charge is -2.09. The number of hydrogen-bond donors (Lipinski definition) is 0. The summed E-state index contributed by atoms with van der Waals surface area (Å²) in [4.78, 5) is 0. The van der Waals surface area contributed by atoms with Crippen molar-refractivity contribution in [1.82, 2.24) is 0 Å². The third-order valence-electron chi connectivity index (χ3n) is 4.28. The molecule has 0 spiro atoms. The Labute approximate surface area is 147 Å². The minimum atomic E-state index is 0.991. The largest absolute Gasteiger partial charge is 0.0871 e. The van der Waals surface area contributed by atoms with E-state index in [-0.39, 0.29) is 0 Å². The molecule has 0 nitrogen and oxygen atoms in total. The van der Waals surface area contributed by atoms with E-state index in [0.717, 1.165) is 6.42 Å². The van der Waals surface area contributed by atoms with Gasteiger partial charge in [0.15, 0.2) is 0 Å². The lowest BCUT2D eigenvalue weighted by molar-refractivity contribution is 1.14. The predicted octanol–water partition coefficient (Wildman–Crippen LogP) is 6.93. The molecule has 0 aliphatic heterocycles. The standard InChI is InChI=1S/C24H28/c1-6-8-23-17-24(14-11-20(23)5)22(7-2)16-19(4)15-21-12-9-18(3)10-13-21/h6-14,16-17H,15H2,1-5H3. The van der Waals surface area contributed by atoms with Crippen LogP contribution in [0.4, 0.5) is 0 Å². The first-order valence-corrected chi connectivity index (χ1v) is 8.66. The molecular formula is C24H28. The maximum atomic E-state index is 2.31. The molecule has 0 saturated heterocycles. The third kappa shape index (κ3) is 4.83. The van der Waals surface area contributed by atoms with Crippen molar-refractivity contribution in [3.05, 3.63) is 94.1 Å². The summed E-state index contributed by atoms with van der Waals surface area (Å²) in [5, 5.41) is 0. The Morgan fingerprint density at radius 2 is 1.67 bits per heavy atom. The van der Waals surface area contributed by atoms with Crippen LogP contribution < -0.4 is 0 Å². The fourth-order valence-electron chi connectivity index (χ4n) is 2.86. The van der Waals surface area contributed by atoms with E-state index in [2.05, 4.69) is 101 Å². The molecule has 0 aromatic heterocycles. The molecule has 0 heteroatoms. The van der Waals surface area contributed by atoms with Gasteiger partial charge in [-0.2, -0.15) is 0 Å². The summed E-state index contributed by atoms with van der Waals surface area (Å²) in [5.41, 5.74) is 9.21. The van der Waals surface area contributed by atoms with Crippen molar-refractivity contribution < 1.29 is 0 Å². The molecule has 0 atom stereocenters. The summed E-state index contributed by atoms with van der Waals surface area (Å²) in [6.07, 6.45) is 9.77. The summed E-state index contributed by atoms with van der Waals surface area (Å²) in [5.74, 6) is 0. The van der Waals surface area contributed by atoms with E-state index in [1.807, 2.05) is 0 Å². The van der Waals surface area contributed by atoms with Crippen LogP contribution in [0.2, 0.25) is 0 Å². The highest BCUT2D eigenvalue weighted by molar-refractivity contribution is 5.76. The highest BCUT2D eigenvalue weighted by Crippen LogP contribution is 2.23.